The molecule has 3 rings (SSSR count). The molecule has 1 aromatic heterocycles. The summed E-state index contributed by atoms with van der Waals surface area (Å²) >= 11 is 5.06. The van der Waals surface area contributed by atoms with Crippen LogP contribution in [0.25, 0.3) is 22.6 Å². The number of aromatic nitrogens is 1. The zero-order valence-corrected chi connectivity index (χ0v) is 15.3. The Morgan fingerprint density at radius 3 is 2.73 bits per heavy atom. The highest BCUT2D eigenvalue weighted by Crippen LogP contribution is 2.33. The van der Waals surface area contributed by atoms with Gasteiger partial charge in [-0.05, 0) is 48.5 Å². The Morgan fingerprint density at radius 1 is 1.23 bits per heavy atom. The van der Waals surface area contributed by atoms with Crippen LogP contribution in [0, 0.1) is 0 Å². The van der Waals surface area contributed by atoms with Gasteiger partial charge in [0.2, 0.25) is 11.8 Å². The summed E-state index contributed by atoms with van der Waals surface area (Å²) in [6.45, 7) is 3.81. The topological polar surface area (TPSA) is 87.4 Å². The van der Waals surface area contributed by atoms with E-state index in [1.807, 2.05) is 18.2 Å². The molecule has 0 saturated heterocycles. The fraction of sp³-hybridized carbons (Fsp3) is 0.211. The number of nitrogens with one attached hydrogen (secondary N) is 2. The van der Waals surface area contributed by atoms with Crippen LogP contribution < -0.4 is 10.6 Å². The molecule has 0 saturated carbocycles. The van der Waals surface area contributed by atoms with E-state index in [0.717, 1.165) is 11.9 Å². The van der Waals surface area contributed by atoms with Gasteiger partial charge < -0.3 is 20.2 Å². The van der Waals surface area contributed by atoms with Gasteiger partial charge >= 0.3 is 0 Å². The molecule has 0 bridgehead atoms. The zero-order valence-electron chi connectivity index (χ0n) is 14.5. The van der Waals surface area contributed by atoms with Gasteiger partial charge in [0.25, 0.3) is 0 Å². The van der Waals surface area contributed by atoms with Crippen molar-refractivity contribution in [1.82, 2.24) is 10.3 Å². The molecule has 0 radical (unpaired) electrons. The van der Waals surface area contributed by atoms with Gasteiger partial charge in [0, 0.05) is 18.2 Å². The lowest BCUT2D eigenvalue weighted by Gasteiger charge is -2.10. The lowest BCUT2D eigenvalue weighted by atomic mass is 10.1. The lowest BCUT2D eigenvalue weighted by molar-refractivity contribution is -0.119. The number of anilines is 1. The van der Waals surface area contributed by atoms with Crippen LogP contribution in [0.4, 0.5) is 5.69 Å². The molecule has 3 aromatic rings. The van der Waals surface area contributed by atoms with E-state index >= 15 is 0 Å². The van der Waals surface area contributed by atoms with Gasteiger partial charge in [-0.3, -0.25) is 4.79 Å². The van der Waals surface area contributed by atoms with E-state index < -0.39 is 0 Å². The van der Waals surface area contributed by atoms with Crippen molar-refractivity contribution < 1.29 is 14.3 Å². The number of nitrogens with zero attached hydrogens (tertiary/aromatic N) is 1. The summed E-state index contributed by atoms with van der Waals surface area (Å²) in [5.41, 5.74) is 3.63. The average Bonchev–Trinajstić information content (AvgIpc) is 3.04. The van der Waals surface area contributed by atoms with E-state index in [2.05, 4.69) is 22.5 Å². The smallest absolute Gasteiger partial charge is 0.231 e. The molecular formula is C19H19N3O3S. The third kappa shape index (κ3) is 3.83. The molecule has 0 aliphatic rings. The van der Waals surface area contributed by atoms with Gasteiger partial charge in [-0.15, -0.1) is 0 Å². The maximum Gasteiger partial charge on any atom is 0.231 e. The SMILES string of the molecule is CCC(=O)NC(=S)Nc1ccc(-c2nc3cc(CC)ccc3o2)c(O)c1. The second-order valence-corrected chi connectivity index (χ2v) is 6.17. The number of carbonyl (C=O) groups is 1. The van der Waals surface area contributed by atoms with Crippen LogP contribution >= 0.6 is 12.2 Å². The fourth-order valence-electron chi connectivity index (χ4n) is 2.48. The molecule has 0 fully saturated rings. The van der Waals surface area contributed by atoms with Crippen LogP contribution in [0.15, 0.2) is 40.8 Å². The molecule has 0 atom stereocenters. The molecule has 0 unspecified atom stereocenters. The molecule has 6 nitrogen and oxygen atoms in total. The molecular weight excluding hydrogens is 350 g/mol. The minimum atomic E-state index is -0.179. The minimum Gasteiger partial charge on any atom is -0.507 e. The highest BCUT2D eigenvalue weighted by Gasteiger charge is 2.13. The molecule has 2 aromatic carbocycles. The predicted molar refractivity (Wildman–Crippen MR) is 105 cm³/mol. The number of hydrogen-bond donors (Lipinski definition) is 3. The summed E-state index contributed by atoms with van der Waals surface area (Å²) in [6, 6.07) is 10.8. The molecule has 0 aliphatic heterocycles. The summed E-state index contributed by atoms with van der Waals surface area (Å²) in [5.74, 6) is 0.169. The van der Waals surface area contributed by atoms with Gasteiger partial charge in [0.15, 0.2) is 10.7 Å². The molecule has 0 aliphatic carbocycles. The minimum absolute atomic E-state index is 0.00175. The lowest BCUT2D eigenvalue weighted by Crippen LogP contribution is -2.33. The number of phenols is 1. The molecule has 134 valence electrons. The average molecular weight is 369 g/mol. The number of oxazole rings is 1. The maximum atomic E-state index is 11.3. The van der Waals surface area contributed by atoms with Crippen molar-refractivity contribution in [2.24, 2.45) is 0 Å². The first kappa shape index (κ1) is 17.9. The summed E-state index contributed by atoms with van der Waals surface area (Å²) < 4.78 is 5.75. The molecule has 7 heteroatoms. The summed E-state index contributed by atoms with van der Waals surface area (Å²) in [5, 5.41) is 15.9. The quantitative estimate of drug-likeness (QED) is 0.603. The van der Waals surface area contributed by atoms with E-state index in [9.17, 15) is 9.90 Å². The van der Waals surface area contributed by atoms with E-state index in [1.165, 1.54) is 11.6 Å². The van der Waals surface area contributed by atoms with E-state index in [1.54, 1.807) is 19.1 Å². The first-order valence-electron chi connectivity index (χ1n) is 8.33. The number of aryl methyl sites for hydroxylation is 1. The number of fused-ring (bicyclic) bond motifs is 1. The van der Waals surface area contributed by atoms with Crippen LogP contribution in [0.1, 0.15) is 25.8 Å². The Hall–Kier alpha value is -2.93. The van der Waals surface area contributed by atoms with Crippen molar-refractivity contribution in [1.29, 1.82) is 0 Å². The second-order valence-electron chi connectivity index (χ2n) is 5.76. The van der Waals surface area contributed by atoms with E-state index in [0.29, 0.717) is 29.1 Å². The maximum absolute atomic E-state index is 11.3. The summed E-state index contributed by atoms with van der Waals surface area (Å²) in [4.78, 5) is 15.8. The van der Waals surface area contributed by atoms with Crippen molar-refractivity contribution in [2.45, 2.75) is 26.7 Å². The van der Waals surface area contributed by atoms with Crippen LogP contribution in [0.3, 0.4) is 0 Å². The third-order valence-corrected chi connectivity index (χ3v) is 4.12. The fourth-order valence-corrected chi connectivity index (χ4v) is 2.71. The van der Waals surface area contributed by atoms with Crippen LogP contribution in [-0.4, -0.2) is 21.1 Å². The van der Waals surface area contributed by atoms with Gasteiger partial charge in [-0.2, -0.15) is 0 Å². The first-order valence-corrected chi connectivity index (χ1v) is 8.74. The number of phenolic OH excluding ortho intramolecular Hbond substituents is 1. The van der Waals surface area contributed by atoms with Crippen LogP contribution in [0.5, 0.6) is 5.75 Å². The van der Waals surface area contributed by atoms with E-state index in [-0.39, 0.29) is 16.8 Å². The van der Waals surface area contributed by atoms with Gasteiger partial charge in [-0.1, -0.05) is 19.9 Å². The molecule has 1 heterocycles. The number of benzene rings is 2. The van der Waals surface area contributed by atoms with Gasteiger partial charge in [0.05, 0.1) is 5.56 Å². The van der Waals surface area contributed by atoms with Crippen molar-refractivity contribution >= 4 is 40.0 Å². The summed E-state index contributed by atoms with van der Waals surface area (Å²) in [6.07, 6.45) is 1.25. The standard InChI is InChI=1S/C19H19N3O3S/c1-3-11-5-8-16-14(9-11)21-18(25-16)13-7-6-12(10-15(13)23)20-19(26)22-17(24)4-2/h5-10,23H,3-4H2,1-2H3,(H2,20,22,24,26). The Bertz CT molecular complexity index is 981. The normalized spacial score (nSPS) is 10.7. The number of hydrogen-bond acceptors (Lipinski definition) is 5. The highest BCUT2D eigenvalue weighted by molar-refractivity contribution is 7.80. The predicted octanol–water partition coefficient (Wildman–Crippen LogP) is 3.99. The molecule has 1 amide bonds. The Morgan fingerprint density at radius 2 is 2.04 bits per heavy atom. The van der Waals surface area contributed by atoms with Crippen LogP contribution in [-0.2, 0) is 11.2 Å². The number of amides is 1. The van der Waals surface area contributed by atoms with Crippen molar-refractivity contribution in [3.05, 3.63) is 42.0 Å². The molecule has 3 N–H and O–H groups in total. The zero-order chi connectivity index (χ0) is 18.7. The molecule has 0 spiro atoms. The molecule has 26 heavy (non-hydrogen) atoms. The Kier molecular flexibility index (Phi) is 5.18. The largest absolute Gasteiger partial charge is 0.507 e. The van der Waals surface area contributed by atoms with Gasteiger partial charge in [0.1, 0.15) is 11.3 Å². The third-order valence-electron chi connectivity index (χ3n) is 3.92. The van der Waals surface area contributed by atoms with Gasteiger partial charge in [-0.25, -0.2) is 4.98 Å². The highest BCUT2D eigenvalue weighted by atomic mass is 32.1. The number of aromatic hydroxyl groups is 1. The first-order chi connectivity index (χ1) is 12.5. The second kappa shape index (κ2) is 7.53. The van der Waals surface area contributed by atoms with E-state index in [4.69, 9.17) is 16.6 Å². The Balaban J connectivity index is 1.83. The monoisotopic (exact) mass is 369 g/mol. The van der Waals surface area contributed by atoms with Crippen molar-refractivity contribution in [3.8, 4) is 17.2 Å². The number of thiocarbonyl (C=S) groups is 1. The van der Waals surface area contributed by atoms with Crippen molar-refractivity contribution in [3.63, 3.8) is 0 Å². The summed E-state index contributed by atoms with van der Waals surface area (Å²) in [7, 11) is 0. The van der Waals surface area contributed by atoms with Crippen LogP contribution in [0.2, 0.25) is 0 Å². The Labute approximate surface area is 156 Å². The number of rotatable bonds is 4. The number of carbonyl (C=O) groups excluding carboxylic acids is 1. The van der Waals surface area contributed by atoms with Crippen molar-refractivity contribution in [2.75, 3.05) is 5.32 Å².